The molecule has 2 unspecified atom stereocenters. The summed E-state index contributed by atoms with van der Waals surface area (Å²) in [6, 6.07) is 0. The molecule has 0 spiro atoms. The van der Waals surface area contributed by atoms with E-state index >= 15 is 0 Å². The van der Waals surface area contributed by atoms with Crippen LogP contribution in [0.2, 0.25) is 0 Å². The highest BCUT2D eigenvalue weighted by Crippen LogP contribution is 2.16. The maximum absolute atomic E-state index is 11.0. The van der Waals surface area contributed by atoms with E-state index in [2.05, 4.69) is 19.4 Å². The number of hydrogen-bond donors (Lipinski definition) is 2. The molecule has 0 aliphatic heterocycles. The molecule has 0 fully saturated rings. The highest BCUT2D eigenvalue weighted by molar-refractivity contribution is 5.84. The molecule has 98 valence electrons. The maximum Gasteiger partial charge on any atom is 0.376 e. The van der Waals surface area contributed by atoms with E-state index in [1.54, 1.807) is 0 Å². The van der Waals surface area contributed by atoms with Gasteiger partial charge in [0.05, 0.1) is 14.2 Å². The number of ether oxygens (including phenoxy) is 2. The molecule has 0 aliphatic carbocycles. The highest BCUT2D eigenvalue weighted by Gasteiger charge is 2.27. The maximum atomic E-state index is 11.0. The van der Waals surface area contributed by atoms with Crippen molar-refractivity contribution in [2.45, 2.75) is 12.2 Å². The molecule has 8 nitrogen and oxygen atoms in total. The Hall–Kier alpha value is -2.06. The minimum Gasteiger partial charge on any atom is -0.467 e. The number of hydrogen-bond acceptors (Lipinski definition) is 8. The molecular weight excluding hydrogens is 244 g/mol. The van der Waals surface area contributed by atoms with Crippen LogP contribution >= 0.6 is 0 Å². The molecule has 0 aromatic carbocycles. The van der Waals surface area contributed by atoms with E-state index in [0.717, 1.165) is 19.5 Å². The summed E-state index contributed by atoms with van der Waals surface area (Å²) >= 11 is 0. The van der Waals surface area contributed by atoms with Gasteiger partial charge in [0.15, 0.2) is 6.10 Å². The van der Waals surface area contributed by atoms with E-state index in [-0.39, 0.29) is 11.4 Å². The second-order valence-electron chi connectivity index (χ2n) is 3.24. The minimum absolute atomic E-state index is 0.0700. The van der Waals surface area contributed by atoms with Crippen LogP contribution in [0.5, 0.6) is 0 Å². The van der Waals surface area contributed by atoms with Crippen molar-refractivity contribution >= 4 is 11.9 Å². The molecule has 0 saturated heterocycles. The number of carbonyl (C=O) groups excluding carboxylic acids is 2. The van der Waals surface area contributed by atoms with Gasteiger partial charge >= 0.3 is 11.9 Å². The Morgan fingerprint density at radius 1 is 1.17 bits per heavy atom. The van der Waals surface area contributed by atoms with Crippen LogP contribution in [-0.4, -0.2) is 52.4 Å². The monoisotopic (exact) mass is 256 g/mol. The molecule has 18 heavy (non-hydrogen) atoms. The molecule has 0 radical (unpaired) electrons. The fourth-order valence-corrected chi connectivity index (χ4v) is 1.12. The van der Waals surface area contributed by atoms with Gasteiger partial charge in [0, 0.05) is 18.0 Å². The Labute approximate surface area is 102 Å². The molecule has 0 saturated carbocycles. The van der Waals surface area contributed by atoms with Crippen LogP contribution in [0, 0.1) is 0 Å². The second kappa shape index (κ2) is 6.03. The van der Waals surface area contributed by atoms with Gasteiger partial charge in [-0.15, -0.1) is 0 Å². The average Bonchev–Trinajstić information content (AvgIpc) is 2.44. The van der Waals surface area contributed by atoms with Crippen LogP contribution < -0.4 is 0 Å². The molecule has 0 aliphatic rings. The summed E-state index contributed by atoms with van der Waals surface area (Å²) in [5.74, 6) is -1.91. The molecular formula is C10H12N2O6. The predicted octanol–water partition coefficient (Wildman–Crippen LogP) is -1.17. The number of methoxy groups -OCH3 is 2. The molecule has 1 aromatic heterocycles. The summed E-state index contributed by atoms with van der Waals surface area (Å²) in [5.41, 5.74) is 0.0700. The van der Waals surface area contributed by atoms with E-state index in [0.29, 0.717) is 0 Å². The molecule has 1 rings (SSSR count). The van der Waals surface area contributed by atoms with Gasteiger partial charge in [-0.05, 0) is 0 Å². The number of aliphatic hydroxyl groups is 2. The third-order valence-corrected chi connectivity index (χ3v) is 2.12. The first-order chi connectivity index (χ1) is 8.51. The molecule has 0 bridgehead atoms. The zero-order valence-corrected chi connectivity index (χ0v) is 9.73. The van der Waals surface area contributed by atoms with Gasteiger partial charge in [0.1, 0.15) is 6.10 Å². The molecule has 2 N–H and O–H groups in total. The van der Waals surface area contributed by atoms with Crippen molar-refractivity contribution in [1.82, 2.24) is 9.97 Å². The van der Waals surface area contributed by atoms with E-state index < -0.39 is 24.1 Å². The molecule has 0 amide bonds. The van der Waals surface area contributed by atoms with E-state index in [1.165, 1.54) is 7.11 Å². The number of aliphatic hydroxyl groups excluding tert-OH is 2. The Morgan fingerprint density at radius 2 is 1.72 bits per heavy atom. The lowest BCUT2D eigenvalue weighted by Crippen LogP contribution is -2.29. The van der Waals surface area contributed by atoms with Gasteiger partial charge in [0.2, 0.25) is 5.82 Å². The van der Waals surface area contributed by atoms with Gasteiger partial charge in [0.25, 0.3) is 0 Å². The Balaban J connectivity index is 2.85. The Kier molecular flexibility index (Phi) is 4.69. The van der Waals surface area contributed by atoms with Crippen LogP contribution in [0.4, 0.5) is 0 Å². The number of esters is 2. The lowest BCUT2D eigenvalue weighted by Gasteiger charge is -2.15. The van der Waals surface area contributed by atoms with Crippen molar-refractivity contribution in [3.05, 3.63) is 23.8 Å². The van der Waals surface area contributed by atoms with Gasteiger partial charge in [-0.25, -0.2) is 19.6 Å². The second-order valence-corrected chi connectivity index (χ2v) is 3.24. The van der Waals surface area contributed by atoms with Crippen molar-refractivity contribution < 1.29 is 29.3 Å². The third kappa shape index (κ3) is 2.99. The third-order valence-electron chi connectivity index (χ3n) is 2.12. The lowest BCUT2D eigenvalue weighted by atomic mass is 10.1. The molecule has 2 atom stereocenters. The minimum atomic E-state index is -1.75. The number of rotatable bonds is 4. The summed E-state index contributed by atoms with van der Waals surface area (Å²) < 4.78 is 8.66. The van der Waals surface area contributed by atoms with Gasteiger partial charge in [-0.3, -0.25) is 0 Å². The van der Waals surface area contributed by atoms with E-state index in [1.807, 2.05) is 0 Å². The van der Waals surface area contributed by atoms with Crippen LogP contribution in [-0.2, 0) is 14.3 Å². The van der Waals surface area contributed by atoms with Crippen LogP contribution in [0.1, 0.15) is 22.3 Å². The molecule has 1 heterocycles. The van der Waals surface area contributed by atoms with Crippen molar-refractivity contribution in [2.24, 2.45) is 0 Å². The summed E-state index contributed by atoms with van der Waals surface area (Å²) in [6.07, 6.45) is -1.07. The first-order valence-electron chi connectivity index (χ1n) is 4.85. The van der Waals surface area contributed by atoms with Crippen LogP contribution in [0.15, 0.2) is 12.4 Å². The summed E-state index contributed by atoms with van der Waals surface area (Å²) in [6.45, 7) is 0. The predicted molar refractivity (Wildman–Crippen MR) is 56.4 cm³/mol. The van der Waals surface area contributed by atoms with Crippen molar-refractivity contribution in [3.8, 4) is 0 Å². The first-order valence-corrected chi connectivity index (χ1v) is 4.85. The highest BCUT2D eigenvalue weighted by atomic mass is 16.5. The quantitative estimate of drug-likeness (QED) is 0.647. The van der Waals surface area contributed by atoms with Crippen LogP contribution in [0.25, 0.3) is 0 Å². The Morgan fingerprint density at radius 3 is 2.17 bits per heavy atom. The van der Waals surface area contributed by atoms with E-state index in [9.17, 15) is 19.8 Å². The average molecular weight is 256 g/mol. The smallest absolute Gasteiger partial charge is 0.376 e. The summed E-state index contributed by atoms with van der Waals surface area (Å²) in [4.78, 5) is 29.3. The fraction of sp³-hybridized carbons (Fsp3) is 0.400. The zero-order chi connectivity index (χ0) is 13.7. The molecule has 1 aromatic rings. The number of carbonyl (C=O) groups is 2. The summed E-state index contributed by atoms with van der Waals surface area (Å²) in [5, 5.41) is 19.0. The fourth-order valence-electron chi connectivity index (χ4n) is 1.12. The van der Waals surface area contributed by atoms with Crippen molar-refractivity contribution in [3.63, 3.8) is 0 Å². The largest absolute Gasteiger partial charge is 0.467 e. The molecule has 8 heteroatoms. The normalized spacial score (nSPS) is 13.6. The van der Waals surface area contributed by atoms with E-state index in [4.69, 9.17) is 0 Å². The SMILES string of the molecule is COC(=O)c1ncc(C(O)C(O)C(=O)OC)cn1. The summed E-state index contributed by atoms with van der Waals surface area (Å²) in [7, 11) is 2.25. The number of nitrogens with zero attached hydrogens (tertiary/aromatic N) is 2. The first kappa shape index (κ1) is 14.0. The van der Waals surface area contributed by atoms with Gasteiger partial charge < -0.3 is 19.7 Å². The zero-order valence-electron chi connectivity index (χ0n) is 9.73. The van der Waals surface area contributed by atoms with Crippen LogP contribution in [0.3, 0.4) is 0 Å². The number of aromatic nitrogens is 2. The van der Waals surface area contributed by atoms with Crippen molar-refractivity contribution in [2.75, 3.05) is 14.2 Å². The van der Waals surface area contributed by atoms with Gasteiger partial charge in [-0.2, -0.15) is 0 Å². The standard InChI is InChI=1S/C10H12N2O6/c1-17-9(15)7(14)6(13)5-3-11-8(12-4-5)10(16)18-2/h3-4,6-7,13-14H,1-2H3. The topological polar surface area (TPSA) is 119 Å². The Bertz CT molecular complexity index is 432. The van der Waals surface area contributed by atoms with Gasteiger partial charge in [-0.1, -0.05) is 0 Å². The van der Waals surface area contributed by atoms with Crippen molar-refractivity contribution in [1.29, 1.82) is 0 Å². The lowest BCUT2D eigenvalue weighted by molar-refractivity contribution is -0.156.